The maximum Gasteiger partial charge on any atom is 0.328 e. The molecule has 0 aliphatic carbocycles. The standard InChI is InChI=1S/C19H18N2O4S/c1-25-19(23)17(11-12-26(24)16-5-3-2-4-6-16)21-18(22)15-9-7-14(13-20)8-10-15/h2-10,17H,11-12H2,1H3,(H,21,22)/t17-,26+/m0/s1. The summed E-state index contributed by atoms with van der Waals surface area (Å²) in [6, 6.07) is 16.0. The van der Waals surface area contributed by atoms with Crippen molar-refractivity contribution >= 4 is 22.7 Å². The summed E-state index contributed by atoms with van der Waals surface area (Å²) >= 11 is 0. The van der Waals surface area contributed by atoms with Gasteiger partial charge in [-0.25, -0.2) is 4.79 Å². The summed E-state index contributed by atoms with van der Waals surface area (Å²) < 4.78 is 17.0. The first-order valence-electron chi connectivity index (χ1n) is 7.87. The highest BCUT2D eigenvalue weighted by molar-refractivity contribution is 7.85. The fraction of sp³-hybridized carbons (Fsp3) is 0.211. The minimum Gasteiger partial charge on any atom is -0.467 e. The van der Waals surface area contributed by atoms with Gasteiger partial charge in [0.25, 0.3) is 5.91 Å². The molecule has 0 heterocycles. The number of benzene rings is 2. The van der Waals surface area contributed by atoms with E-state index in [1.807, 2.05) is 12.1 Å². The Hall–Kier alpha value is -2.98. The van der Waals surface area contributed by atoms with Crippen molar-refractivity contribution in [3.63, 3.8) is 0 Å². The lowest BCUT2D eigenvalue weighted by Crippen LogP contribution is -2.42. The van der Waals surface area contributed by atoms with E-state index in [1.165, 1.54) is 31.4 Å². The number of carbonyl (C=O) groups excluding carboxylic acids is 2. The maximum atomic E-state index is 12.3. The van der Waals surface area contributed by atoms with Crippen molar-refractivity contribution in [2.75, 3.05) is 12.9 Å². The van der Waals surface area contributed by atoms with Gasteiger partial charge < -0.3 is 10.1 Å². The zero-order valence-corrected chi connectivity index (χ0v) is 15.0. The molecule has 2 aromatic carbocycles. The minimum atomic E-state index is -1.28. The van der Waals surface area contributed by atoms with Crippen molar-refractivity contribution in [2.24, 2.45) is 0 Å². The predicted molar refractivity (Wildman–Crippen MR) is 96.8 cm³/mol. The Labute approximate surface area is 154 Å². The molecule has 0 unspecified atom stereocenters. The quantitative estimate of drug-likeness (QED) is 0.752. The number of carbonyl (C=O) groups is 2. The Morgan fingerprint density at radius 3 is 2.38 bits per heavy atom. The monoisotopic (exact) mass is 370 g/mol. The summed E-state index contributed by atoms with van der Waals surface area (Å²) in [5, 5.41) is 11.4. The van der Waals surface area contributed by atoms with E-state index < -0.39 is 28.7 Å². The number of methoxy groups -OCH3 is 1. The summed E-state index contributed by atoms with van der Waals surface area (Å²) in [5.74, 6) is -0.857. The van der Waals surface area contributed by atoms with Crippen LogP contribution in [0.15, 0.2) is 59.5 Å². The fourth-order valence-electron chi connectivity index (χ4n) is 2.24. The molecule has 2 aromatic rings. The average molecular weight is 370 g/mol. The molecule has 0 aliphatic heterocycles. The van der Waals surface area contributed by atoms with Gasteiger partial charge >= 0.3 is 5.97 Å². The van der Waals surface area contributed by atoms with E-state index in [-0.39, 0.29) is 12.2 Å². The molecule has 1 N–H and O–H groups in total. The van der Waals surface area contributed by atoms with E-state index in [0.717, 1.165) is 0 Å². The number of hydrogen-bond donors (Lipinski definition) is 1. The van der Waals surface area contributed by atoms with Crippen molar-refractivity contribution < 1.29 is 18.5 Å². The van der Waals surface area contributed by atoms with Crippen LogP contribution in [0.2, 0.25) is 0 Å². The molecule has 0 aromatic heterocycles. The number of amides is 1. The second-order valence-electron chi connectivity index (χ2n) is 5.39. The lowest BCUT2D eigenvalue weighted by molar-refractivity contribution is -0.142. The molecule has 0 bridgehead atoms. The number of nitrogens with one attached hydrogen (secondary N) is 1. The van der Waals surface area contributed by atoms with Crippen LogP contribution in [0.25, 0.3) is 0 Å². The first-order valence-corrected chi connectivity index (χ1v) is 9.19. The van der Waals surface area contributed by atoms with Gasteiger partial charge in [0, 0.05) is 16.2 Å². The highest BCUT2D eigenvalue weighted by atomic mass is 32.2. The van der Waals surface area contributed by atoms with Crippen LogP contribution in [0.5, 0.6) is 0 Å². The molecule has 2 atom stereocenters. The minimum absolute atomic E-state index is 0.177. The number of nitrogens with zero attached hydrogens (tertiary/aromatic N) is 1. The van der Waals surface area contributed by atoms with Crippen LogP contribution in [0.3, 0.4) is 0 Å². The van der Waals surface area contributed by atoms with Gasteiger partial charge in [-0.05, 0) is 42.8 Å². The largest absolute Gasteiger partial charge is 0.467 e. The molecule has 26 heavy (non-hydrogen) atoms. The van der Waals surface area contributed by atoms with E-state index in [4.69, 9.17) is 10.00 Å². The molecule has 0 saturated carbocycles. The predicted octanol–water partition coefficient (Wildman–Crippen LogP) is 2.03. The number of rotatable bonds is 7. The van der Waals surface area contributed by atoms with Gasteiger partial charge in [-0.15, -0.1) is 0 Å². The number of nitriles is 1. The molecule has 1 amide bonds. The van der Waals surface area contributed by atoms with Gasteiger partial charge in [0.1, 0.15) is 6.04 Å². The van der Waals surface area contributed by atoms with E-state index in [0.29, 0.717) is 16.0 Å². The van der Waals surface area contributed by atoms with Crippen molar-refractivity contribution in [1.29, 1.82) is 5.26 Å². The zero-order valence-electron chi connectivity index (χ0n) is 14.2. The summed E-state index contributed by atoms with van der Waals surface area (Å²) in [6.45, 7) is 0. The van der Waals surface area contributed by atoms with Crippen molar-refractivity contribution in [2.45, 2.75) is 17.4 Å². The van der Waals surface area contributed by atoms with Crippen LogP contribution in [0, 0.1) is 11.3 Å². The van der Waals surface area contributed by atoms with Gasteiger partial charge in [-0.1, -0.05) is 18.2 Å². The third-order valence-corrected chi connectivity index (χ3v) is 5.07. The smallest absolute Gasteiger partial charge is 0.328 e. The molecule has 0 spiro atoms. The molecule has 0 aliphatic rings. The van der Waals surface area contributed by atoms with Gasteiger partial charge in [0.15, 0.2) is 0 Å². The third kappa shape index (κ3) is 5.26. The Kier molecular flexibility index (Phi) is 7.06. The summed E-state index contributed by atoms with van der Waals surface area (Å²) in [4.78, 5) is 24.9. The van der Waals surface area contributed by atoms with Crippen LogP contribution < -0.4 is 5.32 Å². The molecule has 0 radical (unpaired) electrons. The topological polar surface area (TPSA) is 96.3 Å². The lowest BCUT2D eigenvalue weighted by atomic mass is 10.1. The molecule has 0 saturated heterocycles. The van der Waals surface area contributed by atoms with Crippen LogP contribution in [-0.2, 0) is 20.3 Å². The van der Waals surface area contributed by atoms with Crippen LogP contribution in [0.1, 0.15) is 22.3 Å². The normalized spacial score (nSPS) is 12.5. The lowest BCUT2D eigenvalue weighted by Gasteiger charge is -2.16. The Bertz CT molecular complexity index is 829. The van der Waals surface area contributed by atoms with Crippen molar-refractivity contribution in [3.05, 3.63) is 65.7 Å². The second kappa shape index (κ2) is 9.49. The highest BCUT2D eigenvalue weighted by Gasteiger charge is 2.23. The van der Waals surface area contributed by atoms with Gasteiger partial charge in [-0.3, -0.25) is 9.00 Å². The highest BCUT2D eigenvalue weighted by Crippen LogP contribution is 2.09. The zero-order chi connectivity index (χ0) is 18.9. The maximum absolute atomic E-state index is 12.3. The molecule has 2 rings (SSSR count). The van der Waals surface area contributed by atoms with Crippen LogP contribution in [-0.4, -0.2) is 35.0 Å². The summed E-state index contributed by atoms with van der Waals surface area (Å²) in [7, 11) is -0.0478. The molecule has 134 valence electrons. The van der Waals surface area contributed by atoms with E-state index in [9.17, 15) is 13.8 Å². The number of ether oxygens (including phenoxy) is 1. The van der Waals surface area contributed by atoms with E-state index in [2.05, 4.69) is 5.32 Å². The Balaban J connectivity index is 2.02. The van der Waals surface area contributed by atoms with E-state index in [1.54, 1.807) is 24.3 Å². The number of hydrogen-bond acceptors (Lipinski definition) is 5. The molecular weight excluding hydrogens is 352 g/mol. The summed E-state index contributed by atoms with van der Waals surface area (Å²) in [6.07, 6.45) is 0.177. The van der Waals surface area contributed by atoms with Gasteiger partial charge in [0.2, 0.25) is 0 Å². The second-order valence-corrected chi connectivity index (χ2v) is 6.96. The van der Waals surface area contributed by atoms with Crippen LogP contribution >= 0.6 is 0 Å². The fourth-order valence-corrected chi connectivity index (χ4v) is 3.39. The van der Waals surface area contributed by atoms with Crippen LogP contribution in [0.4, 0.5) is 0 Å². The van der Waals surface area contributed by atoms with Gasteiger partial charge in [0.05, 0.1) is 29.5 Å². The third-order valence-electron chi connectivity index (χ3n) is 3.67. The first-order chi connectivity index (χ1) is 12.5. The SMILES string of the molecule is COC(=O)[C@H](CC[S@@](=O)c1ccccc1)NC(=O)c1ccc(C#N)cc1. The molecule has 6 nitrogen and oxygen atoms in total. The molecule has 7 heteroatoms. The Morgan fingerprint density at radius 2 is 1.81 bits per heavy atom. The van der Waals surface area contributed by atoms with Gasteiger partial charge in [-0.2, -0.15) is 5.26 Å². The molecule has 0 fully saturated rings. The Morgan fingerprint density at radius 1 is 1.15 bits per heavy atom. The average Bonchev–Trinajstić information content (AvgIpc) is 2.70. The number of esters is 1. The van der Waals surface area contributed by atoms with Crippen molar-refractivity contribution in [1.82, 2.24) is 5.32 Å². The van der Waals surface area contributed by atoms with E-state index >= 15 is 0 Å². The van der Waals surface area contributed by atoms with Crippen molar-refractivity contribution in [3.8, 4) is 6.07 Å². The first kappa shape index (κ1) is 19.3. The summed E-state index contributed by atoms with van der Waals surface area (Å²) in [5.41, 5.74) is 0.756. The molecular formula is C19H18N2O4S.